The molecular formula is C21H20ClN3O3. The molecule has 0 aliphatic carbocycles. The molecule has 0 radical (unpaired) electrons. The minimum absolute atomic E-state index is 0.00728. The van der Waals surface area contributed by atoms with Gasteiger partial charge in [0.1, 0.15) is 5.76 Å². The SMILES string of the molecule is CCC(=O)N(C)c1ccc(-c2ccc(C(=O)Cc3cnoc3C)cn2)c(Cl)c1. The number of halogens is 1. The van der Waals surface area contributed by atoms with Gasteiger partial charge >= 0.3 is 0 Å². The molecule has 0 aliphatic rings. The van der Waals surface area contributed by atoms with E-state index in [0.717, 1.165) is 16.8 Å². The van der Waals surface area contributed by atoms with Crippen LogP contribution in [0.2, 0.25) is 5.02 Å². The van der Waals surface area contributed by atoms with E-state index in [-0.39, 0.29) is 18.1 Å². The van der Waals surface area contributed by atoms with Gasteiger partial charge in [-0.15, -0.1) is 0 Å². The number of aryl methyl sites for hydroxylation is 1. The largest absolute Gasteiger partial charge is 0.361 e. The van der Waals surface area contributed by atoms with Gasteiger partial charge in [-0.3, -0.25) is 14.6 Å². The number of Topliss-reactive ketones (excluding diaryl/α,β-unsaturated/α-hetero) is 1. The van der Waals surface area contributed by atoms with E-state index in [9.17, 15) is 9.59 Å². The third-order valence-electron chi connectivity index (χ3n) is 4.58. The first kappa shape index (κ1) is 19.8. The maximum absolute atomic E-state index is 12.4. The lowest BCUT2D eigenvalue weighted by atomic mass is 10.0. The molecule has 7 heteroatoms. The number of carbonyl (C=O) groups is 2. The van der Waals surface area contributed by atoms with Gasteiger partial charge in [-0.05, 0) is 37.3 Å². The smallest absolute Gasteiger partial charge is 0.226 e. The number of pyridine rings is 1. The highest BCUT2D eigenvalue weighted by Crippen LogP contribution is 2.30. The molecular weight excluding hydrogens is 378 g/mol. The number of hydrogen-bond acceptors (Lipinski definition) is 5. The number of hydrogen-bond donors (Lipinski definition) is 0. The lowest BCUT2D eigenvalue weighted by Gasteiger charge is -2.17. The van der Waals surface area contributed by atoms with E-state index in [2.05, 4.69) is 10.1 Å². The number of benzene rings is 1. The van der Waals surface area contributed by atoms with Crippen molar-refractivity contribution in [2.75, 3.05) is 11.9 Å². The summed E-state index contributed by atoms with van der Waals surface area (Å²) in [5.41, 5.74) is 3.37. The maximum Gasteiger partial charge on any atom is 0.226 e. The first-order chi connectivity index (χ1) is 13.4. The standard InChI is InChI=1S/C21H20ClN3O3/c1-4-21(27)25(3)16-6-7-17(18(22)10-16)19-8-5-14(11-23-19)20(26)9-15-12-24-28-13(15)2/h5-8,10-12H,4,9H2,1-3H3. The van der Waals surface area contributed by atoms with E-state index in [1.165, 1.54) is 6.20 Å². The van der Waals surface area contributed by atoms with Crippen LogP contribution in [0.25, 0.3) is 11.3 Å². The van der Waals surface area contributed by atoms with Crippen molar-refractivity contribution < 1.29 is 14.1 Å². The molecule has 2 heterocycles. The van der Waals surface area contributed by atoms with Crippen LogP contribution in [-0.4, -0.2) is 28.9 Å². The van der Waals surface area contributed by atoms with Crippen LogP contribution in [0, 0.1) is 6.92 Å². The van der Waals surface area contributed by atoms with Crippen LogP contribution in [-0.2, 0) is 11.2 Å². The Morgan fingerprint density at radius 1 is 1.18 bits per heavy atom. The third kappa shape index (κ3) is 4.12. The summed E-state index contributed by atoms with van der Waals surface area (Å²) in [6.07, 6.45) is 3.72. The fourth-order valence-electron chi connectivity index (χ4n) is 2.78. The van der Waals surface area contributed by atoms with Crippen LogP contribution in [0.3, 0.4) is 0 Å². The highest BCUT2D eigenvalue weighted by molar-refractivity contribution is 6.33. The van der Waals surface area contributed by atoms with Gasteiger partial charge in [0.25, 0.3) is 0 Å². The molecule has 1 amide bonds. The second kappa shape index (κ2) is 8.35. The normalized spacial score (nSPS) is 10.7. The van der Waals surface area contributed by atoms with Crippen LogP contribution in [0.5, 0.6) is 0 Å². The Kier molecular flexibility index (Phi) is 5.90. The molecule has 3 aromatic rings. The van der Waals surface area contributed by atoms with Gasteiger partial charge in [0.2, 0.25) is 5.91 Å². The average Bonchev–Trinajstić information content (AvgIpc) is 3.11. The molecule has 2 aromatic heterocycles. The topological polar surface area (TPSA) is 76.3 Å². The lowest BCUT2D eigenvalue weighted by Crippen LogP contribution is -2.24. The second-order valence-electron chi connectivity index (χ2n) is 6.41. The summed E-state index contributed by atoms with van der Waals surface area (Å²) in [6.45, 7) is 3.58. The molecule has 0 aliphatic heterocycles. The Labute approximate surface area is 168 Å². The minimum atomic E-state index is -0.0634. The Balaban J connectivity index is 1.78. The van der Waals surface area contributed by atoms with Crippen molar-refractivity contribution in [1.82, 2.24) is 10.1 Å². The van der Waals surface area contributed by atoms with Crippen LogP contribution in [0.1, 0.15) is 35.0 Å². The van der Waals surface area contributed by atoms with Gasteiger partial charge in [-0.1, -0.05) is 23.7 Å². The molecule has 0 saturated carbocycles. The molecule has 28 heavy (non-hydrogen) atoms. The van der Waals surface area contributed by atoms with Crippen molar-refractivity contribution in [3.05, 3.63) is 64.6 Å². The van der Waals surface area contributed by atoms with Crippen molar-refractivity contribution in [1.29, 1.82) is 0 Å². The molecule has 0 bridgehead atoms. The van der Waals surface area contributed by atoms with Crippen LogP contribution in [0.4, 0.5) is 5.69 Å². The van der Waals surface area contributed by atoms with Crippen LogP contribution in [0.15, 0.2) is 47.2 Å². The Hall–Kier alpha value is -2.99. The Morgan fingerprint density at radius 3 is 2.54 bits per heavy atom. The zero-order valence-electron chi connectivity index (χ0n) is 15.9. The van der Waals surface area contributed by atoms with E-state index < -0.39 is 0 Å². The molecule has 1 aromatic carbocycles. The number of aromatic nitrogens is 2. The molecule has 0 saturated heterocycles. The zero-order chi connectivity index (χ0) is 20.3. The summed E-state index contributed by atoms with van der Waals surface area (Å²) >= 11 is 6.41. The maximum atomic E-state index is 12.4. The monoisotopic (exact) mass is 397 g/mol. The van der Waals surface area contributed by atoms with E-state index in [1.54, 1.807) is 43.3 Å². The molecule has 0 fully saturated rings. The summed E-state index contributed by atoms with van der Waals surface area (Å²) in [5, 5.41) is 4.17. The summed E-state index contributed by atoms with van der Waals surface area (Å²) in [4.78, 5) is 30.2. The fourth-order valence-corrected chi connectivity index (χ4v) is 3.05. The zero-order valence-corrected chi connectivity index (χ0v) is 16.7. The second-order valence-corrected chi connectivity index (χ2v) is 6.82. The Bertz CT molecular complexity index is 1010. The lowest BCUT2D eigenvalue weighted by molar-refractivity contribution is -0.118. The quantitative estimate of drug-likeness (QED) is 0.572. The van der Waals surface area contributed by atoms with Crippen molar-refractivity contribution >= 4 is 29.0 Å². The highest BCUT2D eigenvalue weighted by atomic mass is 35.5. The predicted octanol–water partition coefficient (Wildman–Crippen LogP) is 4.50. The van der Waals surface area contributed by atoms with Gasteiger partial charge in [-0.25, -0.2) is 0 Å². The van der Waals surface area contributed by atoms with E-state index in [0.29, 0.717) is 28.5 Å². The van der Waals surface area contributed by atoms with Crippen LogP contribution >= 0.6 is 11.6 Å². The Morgan fingerprint density at radius 2 is 1.96 bits per heavy atom. The van der Waals surface area contributed by atoms with Crippen molar-refractivity contribution in [2.45, 2.75) is 26.7 Å². The fraction of sp³-hybridized carbons (Fsp3) is 0.238. The number of ketones is 1. The molecule has 3 rings (SSSR count). The number of amides is 1. The van der Waals surface area contributed by atoms with E-state index in [1.807, 2.05) is 19.1 Å². The molecule has 0 N–H and O–H groups in total. The van der Waals surface area contributed by atoms with Gasteiger partial charge < -0.3 is 9.42 Å². The molecule has 6 nitrogen and oxygen atoms in total. The summed E-state index contributed by atoms with van der Waals surface area (Å²) < 4.78 is 4.98. The number of rotatable bonds is 6. The van der Waals surface area contributed by atoms with E-state index >= 15 is 0 Å². The van der Waals surface area contributed by atoms with Crippen LogP contribution < -0.4 is 4.90 Å². The van der Waals surface area contributed by atoms with Gasteiger partial charge in [0.05, 0.1) is 16.9 Å². The summed E-state index contributed by atoms with van der Waals surface area (Å²) in [7, 11) is 1.72. The summed E-state index contributed by atoms with van der Waals surface area (Å²) in [6, 6.07) is 8.87. The third-order valence-corrected chi connectivity index (χ3v) is 4.89. The number of nitrogens with zero attached hydrogens (tertiary/aromatic N) is 3. The predicted molar refractivity (Wildman–Crippen MR) is 108 cm³/mol. The van der Waals surface area contributed by atoms with Crippen molar-refractivity contribution in [2.24, 2.45) is 0 Å². The molecule has 0 atom stereocenters. The van der Waals surface area contributed by atoms with Crippen molar-refractivity contribution in [3.63, 3.8) is 0 Å². The molecule has 144 valence electrons. The first-order valence-corrected chi connectivity index (χ1v) is 9.24. The average molecular weight is 398 g/mol. The number of anilines is 1. The molecule has 0 unspecified atom stereocenters. The number of carbonyl (C=O) groups excluding carboxylic acids is 2. The van der Waals surface area contributed by atoms with Gasteiger partial charge in [0.15, 0.2) is 5.78 Å². The van der Waals surface area contributed by atoms with Gasteiger partial charge in [0, 0.05) is 48.5 Å². The van der Waals surface area contributed by atoms with Crippen molar-refractivity contribution in [3.8, 4) is 11.3 Å². The molecule has 0 spiro atoms. The minimum Gasteiger partial charge on any atom is -0.361 e. The summed E-state index contributed by atoms with van der Waals surface area (Å²) in [5.74, 6) is 0.579. The first-order valence-electron chi connectivity index (χ1n) is 8.86. The van der Waals surface area contributed by atoms with E-state index in [4.69, 9.17) is 16.1 Å². The van der Waals surface area contributed by atoms with Gasteiger partial charge in [-0.2, -0.15) is 0 Å². The highest BCUT2D eigenvalue weighted by Gasteiger charge is 2.14.